The summed E-state index contributed by atoms with van der Waals surface area (Å²) < 4.78 is 0. The zero-order valence-electron chi connectivity index (χ0n) is 11.2. The van der Waals surface area contributed by atoms with E-state index in [0.29, 0.717) is 11.6 Å². The van der Waals surface area contributed by atoms with E-state index in [9.17, 15) is 0 Å². The maximum absolute atomic E-state index is 5.87. The molecule has 2 heterocycles. The van der Waals surface area contributed by atoms with Gasteiger partial charge in [0.25, 0.3) is 0 Å². The van der Waals surface area contributed by atoms with E-state index < -0.39 is 0 Å². The van der Waals surface area contributed by atoms with E-state index in [-0.39, 0.29) is 0 Å². The molecule has 21 heavy (non-hydrogen) atoms. The molecule has 1 aromatic carbocycles. The predicted octanol–water partition coefficient (Wildman–Crippen LogP) is 2.87. The van der Waals surface area contributed by atoms with Gasteiger partial charge in [0.15, 0.2) is 11.0 Å². The third kappa shape index (κ3) is 3.80. The molecule has 3 aromatic rings. The van der Waals surface area contributed by atoms with Crippen LogP contribution in [0.4, 0.5) is 5.13 Å². The van der Waals surface area contributed by atoms with E-state index in [0.717, 1.165) is 35.2 Å². The summed E-state index contributed by atoms with van der Waals surface area (Å²) in [6.45, 7) is 0. The quantitative estimate of drug-likeness (QED) is 0.757. The molecule has 2 aromatic heterocycles. The van der Waals surface area contributed by atoms with E-state index >= 15 is 0 Å². The van der Waals surface area contributed by atoms with Crippen molar-refractivity contribution in [3.8, 4) is 0 Å². The highest BCUT2D eigenvalue weighted by Gasteiger charge is 2.07. The molecular weight excluding hydrogens is 306 g/mol. The van der Waals surface area contributed by atoms with E-state index in [1.54, 1.807) is 0 Å². The van der Waals surface area contributed by atoms with Crippen molar-refractivity contribution in [1.29, 1.82) is 0 Å². The third-order valence-electron chi connectivity index (χ3n) is 3.05. The normalized spacial score (nSPS) is 10.9. The average Bonchev–Trinajstić information content (AvgIpc) is 3.08. The van der Waals surface area contributed by atoms with Gasteiger partial charge < -0.3 is 5.73 Å². The van der Waals surface area contributed by atoms with Gasteiger partial charge in [0.05, 0.1) is 12.1 Å². The van der Waals surface area contributed by atoms with Crippen molar-refractivity contribution in [3.63, 3.8) is 0 Å². The number of aromatic nitrogens is 4. The molecule has 0 atom stereocenters. The molecule has 0 fully saturated rings. The van der Waals surface area contributed by atoms with Gasteiger partial charge in [-0.25, -0.2) is 9.97 Å². The predicted molar refractivity (Wildman–Crippen MR) is 84.6 cm³/mol. The number of thiazole rings is 1. The molecule has 0 aliphatic rings. The lowest BCUT2D eigenvalue weighted by Gasteiger charge is -1.98. The molecule has 3 rings (SSSR count). The van der Waals surface area contributed by atoms with Gasteiger partial charge in [-0.3, -0.25) is 5.10 Å². The van der Waals surface area contributed by atoms with Crippen molar-refractivity contribution in [2.75, 3.05) is 5.73 Å². The summed E-state index contributed by atoms with van der Waals surface area (Å²) in [6.07, 6.45) is 2.30. The van der Waals surface area contributed by atoms with Gasteiger partial charge in [-0.1, -0.05) is 23.7 Å². The molecule has 5 nitrogen and oxygen atoms in total. The molecule has 0 aliphatic carbocycles. The second kappa shape index (κ2) is 6.24. The monoisotopic (exact) mass is 319 g/mol. The van der Waals surface area contributed by atoms with E-state index in [2.05, 4.69) is 20.2 Å². The van der Waals surface area contributed by atoms with Crippen LogP contribution in [0.2, 0.25) is 5.02 Å². The van der Waals surface area contributed by atoms with Crippen LogP contribution in [0.5, 0.6) is 0 Å². The summed E-state index contributed by atoms with van der Waals surface area (Å²) >= 11 is 7.30. The molecule has 3 N–H and O–H groups in total. The molecule has 0 bridgehead atoms. The molecule has 0 saturated heterocycles. The lowest BCUT2D eigenvalue weighted by Crippen LogP contribution is -1.95. The fraction of sp³-hybridized carbons (Fsp3) is 0.214. The number of nitrogen functional groups attached to an aromatic ring is 1. The maximum atomic E-state index is 5.87. The number of aromatic amines is 1. The molecule has 0 spiro atoms. The number of aryl methyl sites for hydroxylation is 2. The number of halogens is 1. The van der Waals surface area contributed by atoms with Crippen LogP contribution in [0.1, 0.15) is 22.9 Å². The Bertz CT molecular complexity index is 719. The second-order valence-corrected chi connectivity index (χ2v) is 6.00. The molecule has 0 saturated carbocycles. The minimum atomic E-state index is 0.576. The zero-order chi connectivity index (χ0) is 14.7. The Morgan fingerprint density at radius 3 is 2.67 bits per heavy atom. The van der Waals surface area contributed by atoms with Gasteiger partial charge in [-0.2, -0.15) is 5.10 Å². The van der Waals surface area contributed by atoms with Crippen molar-refractivity contribution < 1.29 is 0 Å². The van der Waals surface area contributed by atoms with Gasteiger partial charge >= 0.3 is 0 Å². The topological polar surface area (TPSA) is 80.5 Å². The van der Waals surface area contributed by atoms with Crippen LogP contribution >= 0.6 is 22.9 Å². The van der Waals surface area contributed by atoms with Crippen LogP contribution in [0.15, 0.2) is 29.6 Å². The first kappa shape index (κ1) is 14.0. The molecule has 108 valence electrons. The highest BCUT2D eigenvalue weighted by Crippen LogP contribution is 2.14. The summed E-state index contributed by atoms with van der Waals surface area (Å²) in [7, 11) is 0. The number of hydrogen-bond acceptors (Lipinski definition) is 5. The first-order chi connectivity index (χ1) is 10.2. The van der Waals surface area contributed by atoms with Gasteiger partial charge in [-0.15, -0.1) is 11.3 Å². The fourth-order valence-electron chi connectivity index (χ4n) is 2.01. The number of nitrogens with two attached hydrogens (primary N) is 1. The Kier molecular flexibility index (Phi) is 4.17. The SMILES string of the molecule is Nc1nc(Cc2nc(CCc3ccc(Cl)cc3)n[nH]2)cs1. The van der Waals surface area contributed by atoms with Crippen LogP contribution in [0.3, 0.4) is 0 Å². The summed E-state index contributed by atoms with van der Waals surface area (Å²) in [6, 6.07) is 7.84. The van der Waals surface area contributed by atoms with Crippen molar-refractivity contribution in [1.82, 2.24) is 20.2 Å². The van der Waals surface area contributed by atoms with E-state index in [1.807, 2.05) is 29.6 Å². The number of rotatable bonds is 5. The van der Waals surface area contributed by atoms with Gasteiger partial charge in [0, 0.05) is 16.8 Å². The van der Waals surface area contributed by atoms with Crippen LogP contribution in [-0.2, 0) is 19.3 Å². The van der Waals surface area contributed by atoms with Gasteiger partial charge in [-0.05, 0) is 24.1 Å². The first-order valence-corrected chi connectivity index (χ1v) is 7.79. The lowest BCUT2D eigenvalue weighted by atomic mass is 10.1. The summed E-state index contributed by atoms with van der Waals surface area (Å²) in [5.74, 6) is 1.62. The van der Waals surface area contributed by atoms with Gasteiger partial charge in [0.2, 0.25) is 0 Å². The number of benzene rings is 1. The lowest BCUT2D eigenvalue weighted by molar-refractivity contribution is 0.865. The number of anilines is 1. The van der Waals surface area contributed by atoms with Crippen molar-refractivity contribution >= 4 is 28.1 Å². The number of hydrogen-bond donors (Lipinski definition) is 2. The van der Waals surface area contributed by atoms with Gasteiger partial charge in [0.1, 0.15) is 5.82 Å². The number of nitrogens with zero attached hydrogens (tertiary/aromatic N) is 3. The highest BCUT2D eigenvalue weighted by molar-refractivity contribution is 7.13. The smallest absolute Gasteiger partial charge is 0.180 e. The molecule has 0 amide bonds. The maximum Gasteiger partial charge on any atom is 0.180 e. The first-order valence-electron chi connectivity index (χ1n) is 6.53. The van der Waals surface area contributed by atoms with Crippen LogP contribution < -0.4 is 5.73 Å². The highest BCUT2D eigenvalue weighted by atomic mass is 35.5. The Labute approximate surface area is 131 Å². The summed E-state index contributed by atoms with van der Waals surface area (Å²) in [4.78, 5) is 8.69. The Morgan fingerprint density at radius 1 is 1.14 bits per heavy atom. The van der Waals surface area contributed by atoms with Crippen molar-refractivity contribution in [2.24, 2.45) is 0 Å². The van der Waals surface area contributed by atoms with E-state index in [1.165, 1.54) is 16.9 Å². The fourth-order valence-corrected chi connectivity index (χ4v) is 2.70. The minimum absolute atomic E-state index is 0.576. The minimum Gasteiger partial charge on any atom is -0.375 e. The molecule has 7 heteroatoms. The average molecular weight is 320 g/mol. The van der Waals surface area contributed by atoms with Crippen LogP contribution in [-0.4, -0.2) is 20.2 Å². The molecule has 0 aliphatic heterocycles. The molecule has 0 radical (unpaired) electrons. The summed E-state index contributed by atoms with van der Waals surface area (Å²) in [5, 5.41) is 10.4. The zero-order valence-corrected chi connectivity index (χ0v) is 12.8. The molecule has 0 unspecified atom stereocenters. The third-order valence-corrected chi connectivity index (χ3v) is 4.02. The van der Waals surface area contributed by atoms with E-state index in [4.69, 9.17) is 17.3 Å². The Balaban J connectivity index is 1.58. The van der Waals surface area contributed by atoms with Crippen molar-refractivity contribution in [3.05, 3.63) is 57.6 Å². The molecular formula is C14H14ClN5S. The number of H-pyrrole nitrogens is 1. The van der Waals surface area contributed by atoms with Crippen LogP contribution in [0.25, 0.3) is 0 Å². The Hall–Kier alpha value is -1.92. The van der Waals surface area contributed by atoms with Crippen LogP contribution in [0, 0.1) is 0 Å². The summed E-state index contributed by atoms with van der Waals surface area (Å²) in [5.41, 5.74) is 7.75. The largest absolute Gasteiger partial charge is 0.375 e. The number of nitrogens with one attached hydrogen (secondary N) is 1. The van der Waals surface area contributed by atoms with Crippen molar-refractivity contribution in [2.45, 2.75) is 19.3 Å². The Morgan fingerprint density at radius 2 is 1.95 bits per heavy atom. The second-order valence-electron chi connectivity index (χ2n) is 4.68. The standard InChI is InChI=1S/C14H14ClN5S/c15-10-4-1-9(2-5-10)3-6-12-18-13(20-19-12)7-11-8-21-14(16)17-11/h1-2,4-5,8H,3,6-7H2,(H2,16,17)(H,18,19,20).